The quantitative estimate of drug-likeness (QED) is 0.872. The third kappa shape index (κ3) is 2.40. The maximum atomic E-state index is 12.3. The summed E-state index contributed by atoms with van der Waals surface area (Å²) in [6.45, 7) is 3.01. The molecular weight excluding hydrogens is 252 g/mol. The standard InChI is InChI=1S/C15H20N4O/c1-2-8-19-10-16-9-13(19)14-17-12-7-5-3-4-6-11(12)15(20)18-14/h9-10H,2-8H2,1H3,(H,17,18,20). The Balaban J connectivity index is 2.06. The van der Waals surface area contributed by atoms with Gasteiger partial charge in [0.2, 0.25) is 0 Å². The number of hydrogen-bond donors (Lipinski definition) is 1. The first-order chi connectivity index (χ1) is 9.79. The van der Waals surface area contributed by atoms with E-state index in [1.54, 1.807) is 12.5 Å². The molecule has 0 bridgehead atoms. The second kappa shape index (κ2) is 5.61. The average molecular weight is 272 g/mol. The highest BCUT2D eigenvalue weighted by Gasteiger charge is 2.16. The number of H-pyrrole nitrogens is 1. The van der Waals surface area contributed by atoms with Crippen LogP contribution in [0.2, 0.25) is 0 Å². The van der Waals surface area contributed by atoms with Gasteiger partial charge in [0, 0.05) is 12.1 Å². The zero-order valence-corrected chi connectivity index (χ0v) is 11.9. The van der Waals surface area contributed by atoms with Crippen LogP contribution >= 0.6 is 0 Å². The predicted octanol–water partition coefficient (Wildman–Crippen LogP) is 2.31. The van der Waals surface area contributed by atoms with Crippen molar-refractivity contribution in [2.24, 2.45) is 0 Å². The summed E-state index contributed by atoms with van der Waals surface area (Å²) in [4.78, 5) is 24.1. The summed E-state index contributed by atoms with van der Waals surface area (Å²) in [6, 6.07) is 0. The molecule has 0 saturated heterocycles. The number of rotatable bonds is 3. The lowest BCUT2D eigenvalue weighted by Gasteiger charge is -2.09. The van der Waals surface area contributed by atoms with Crippen molar-refractivity contribution in [1.82, 2.24) is 19.5 Å². The summed E-state index contributed by atoms with van der Waals surface area (Å²) in [5, 5.41) is 0. The van der Waals surface area contributed by atoms with Crippen molar-refractivity contribution in [2.75, 3.05) is 0 Å². The van der Waals surface area contributed by atoms with Crippen molar-refractivity contribution < 1.29 is 0 Å². The van der Waals surface area contributed by atoms with Gasteiger partial charge in [-0.3, -0.25) is 4.79 Å². The molecule has 0 amide bonds. The maximum Gasteiger partial charge on any atom is 0.254 e. The highest BCUT2D eigenvalue weighted by molar-refractivity contribution is 5.49. The van der Waals surface area contributed by atoms with Crippen LogP contribution in [0, 0.1) is 0 Å². The number of aromatic amines is 1. The van der Waals surface area contributed by atoms with Crippen molar-refractivity contribution in [1.29, 1.82) is 0 Å². The van der Waals surface area contributed by atoms with Crippen LogP contribution in [0.15, 0.2) is 17.3 Å². The van der Waals surface area contributed by atoms with Crippen LogP contribution in [0.4, 0.5) is 0 Å². The molecule has 0 aliphatic heterocycles. The average Bonchev–Trinajstić information content (AvgIpc) is 2.76. The van der Waals surface area contributed by atoms with E-state index in [4.69, 9.17) is 4.98 Å². The van der Waals surface area contributed by atoms with Gasteiger partial charge >= 0.3 is 0 Å². The van der Waals surface area contributed by atoms with E-state index in [2.05, 4.69) is 16.9 Å². The molecule has 2 aromatic rings. The normalized spacial score (nSPS) is 14.8. The van der Waals surface area contributed by atoms with Crippen LogP contribution in [0.5, 0.6) is 0 Å². The monoisotopic (exact) mass is 272 g/mol. The maximum absolute atomic E-state index is 12.3. The lowest BCUT2D eigenvalue weighted by molar-refractivity contribution is 0.680. The minimum absolute atomic E-state index is 0.0242. The molecule has 106 valence electrons. The Kier molecular flexibility index (Phi) is 3.67. The smallest absolute Gasteiger partial charge is 0.254 e. The minimum atomic E-state index is 0.0242. The fourth-order valence-corrected chi connectivity index (χ4v) is 2.84. The number of fused-ring (bicyclic) bond motifs is 1. The second-order valence-corrected chi connectivity index (χ2v) is 5.37. The lowest BCUT2D eigenvalue weighted by atomic mass is 10.1. The zero-order chi connectivity index (χ0) is 13.9. The first-order valence-electron chi connectivity index (χ1n) is 7.42. The molecule has 0 saturated carbocycles. The molecule has 2 aromatic heterocycles. The SMILES string of the molecule is CCCn1cncc1-c1nc2c(c(=O)[nH]1)CCCCC2. The van der Waals surface area contributed by atoms with E-state index in [0.29, 0.717) is 5.82 Å². The van der Waals surface area contributed by atoms with Gasteiger partial charge in [-0.25, -0.2) is 9.97 Å². The molecular formula is C15H20N4O. The Bertz CT molecular complexity index is 656. The molecule has 0 spiro atoms. The fourth-order valence-electron chi connectivity index (χ4n) is 2.84. The molecule has 5 nitrogen and oxygen atoms in total. The Hall–Kier alpha value is -1.91. The van der Waals surface area contributed by atoms with Crippen LogP contribution < -0.4 is 5.56 Å². The van der Waals surface area contributed by atoms with Gasteiger partial charge < -0.3 is 9.55 Å². The summed E-state index contributed by atoms with van der Waals surface area (Å²) in [6.07, 6.45) is 9.75. The van der Waals surface area contributed by atoms with Gasteiger partial charge in [0.1, 0.15) is 5.69 Å². The summed E-state index contributed by atoms with van der Waals surface area (Å²) in [7, 11) is 0. The van der Waals surface area contributed by atoms with Gasteiger partial charge in [-0.15, -0.1) is 0 Å². The van der Waals surface area contributed by atoms with Gasteiger partial charge in [-0.05, 0) is 32.1 Å². The summed E-state index contributed by atoms with van der Waals surface area (Å²) >= 11 is 0. The second-order valence-electron chi connectivity index (χ2n) is 5.37. The van der Waals surface area contributed by atoms with Gasteiger partial charge in [0.15, 0.2) is 5.82 Å². The van der Waals surface area contributed by atoms with Crippen molar-refractivity contribution >= 4 is 0 Å². The molecule has 5 heteroatoms. The molecule has 1 aliphatic carbocycles. The van der Waals surface area contributed by atoms with E-state index in [9.17, 15) is 4.79 Å². The Morgan fingerprint density at radius 2 is 2.15 bits per heavy atom. The van der Waals surface area contributed by atoms with Crippen molar-refractivity contribution in [2.45, 2.75) is 52.0 Å². The first kappa shape index (κ1) is 13.1. The van der Waals surface area contributed by atoms with Crippen LogP contribution in [0.25, 0.3) is 11.5 Å². The predicted molar refractivity (Wildman–Crippen MR) is 77.6 cm³/mol. The van der Waals surface area contributed by atoms with Crippen molar-refractivity contribution in [3.8, 4) is 11.5 Å². The number of hydrogen-bond acceptors (Lipinski definition) is 3. The Morgan fingerprint density at radius 3 is 3.00 bits per heavy atom. The summed E-state index contributed by atoms with van der Waals surface area (Å²) in [5.41, 5.74) is 2.78. The van der Waals surface area contributed by atoms with Crippen LogP contribution in [0.1, 0.15) is 43.9 Å². The molecule has 0 unspecified atom stereocenters. The van der Waals surface area contributed by atoms with E-state index in [1.807, 2.05) is 4.57 Å². The molecule has 1 aliphatic rings. The zero-order valence-electron chi connectivity index (χ0n) is 11.9. The lowest BCUT2D eigenvalue weighted by Crippen LogP contribution is -2.18. The molecule has 0 aromatic carbocycles. The molecule has 1 N–H and O–H groups in total. The highest BCUT2D eigenvalue weighted by Crippen LogP contribution is 2.19. The Labute approximate surface area is 118 Å². The molecule has 0 radical (unpaired) electrons. The third-order valence-corrected chi connectivity index (χ3v) is 3.86. The van der Waals surface area contributed by atoms with E-state index in [-0.39, 0.29) is 5.56 Å². The Morgan fingerprint density at radius 1 is 1.30 bits per heavy atom. The van der Waals surface area contributed by atoms with Crippen molar-refractivity contribution in [3.05, 3.63) is 34.1 Å². The molecule has 2 heterocycles. The highest BCUT2D eigenvalue weighted by atomic mass is 16.1. The van der Waals surface area contributed by atoms with Crippen LogP contribution in [-0.2, 0) is 19.4 Å². The summed E-state index contributed by atoms with van der Waals surface area (Å²) < 4.78 is 2.04. The van der Waals surface area contributed by atoms with Crippen LogP contribution in [-0.4, -0.2) is 19.5 Å². The molecule has 20 heavy (non-hydrogen) atoms. The van der Waals surface area contributed by atoms with Gasteiger partial charge in [0.25, 0.3) is 5.56 Å². The van der Waals surface area contributed by atoms with E-state index in [1.165, 1.54) is 6.42 Å². The van der Waals surface area contributed by atoms with E-state index < -0.39 is 0 Å². The van der Waals surface area contributed by atoms with E-state index in [0.717, 1.165) is 55.6 Å². The number of nitrogens with one attached hydrogen (secondary N) is 1. The number of nitrogens with zero attached hydrogens (tertiary/aromatic N) is 3. The largest absolute Gasteiger partial charge is 0.328 e. The van der Waals surface area contributed by atoms with Crippen molar-refractivity contribution in [3.63, 3.8) is 0 Å². The molecule has 0 atom stereocenters. The summed E-state index contributed by atoms with van der Waals surface area (Å²) in [5.74, 6) is 0.654. The van der Waals surface area contributed by atoms with E-state index >= 15 is 0 Å². The van der Waals surface area contributed by atoms with Gasteiger partial charge in [0.05, 0.1) is 18.2 Å². The third-order valence-electron chi connectivity index (χ3n) is 3.86. The van der Waals surface area contributed by atoms with Crippen LogP contribution in [0.3, 0.4) is 0 Å². The topological polar surface area (TPSA) is 63.6 Å². The first-order valence-corrected chi connectivity index (χ1v) is 7.42. The minimum Gasteiger partial charge on any atom is -0.328 e. The van der Waals surface area contributed by atoms with Gasteiger partial charge in [-0.2, -0.15) is 0 Å². The number of aryl methyl sites for hydroxylation is 2. The van der Waals surface area contributed by atoms with Gasteiger partial charge in [-0.1, -0.05) is 13.3 Å². The fraction of sp³-hybridized carbons (Fsp3) is 0.533. The molecule has 0 fully saturated rings. The number of aromatic nitrogens is 4. The number of imidazole rings is 1. The molecule has 3 rings (SSSR count).